The van der Waals surface area contributed by atoms with Crippen molar-refractivity contribution in [1.82, 2.24) is 30.4 Å². The van der Waals surface area contributed by atoms with Crippen LogP contribution >= 0.6 is 0 Å². The van der Waals surface area contributed by atoms with Crippen LogP contribution in [0.15, 0.2) is 60.9 Å². The van der Waals surface area contributed by atoms with Crippen molar-refractivity contribution < 1.29 is 9.59 Å². The smallest absolute Gasteiger partial charge is 0.321 e. The van der Waals surface area contributed by atoms with Crippen LogP contribution in [0.25, 0.3) is 5.69 Å². The molecule has 1 aliphatic rings. The zero-order valence-corrected chi connectivity index (χ0v) is 15.7. The van der Waals surface area contributed by atoms with Crippen LogP contribution < -0.4 is 10.6 Å². The standard InChI is InChI=1S/C20H21N7O2/c28-19(17-8-4-5-9-18(17)27-14-21-24-25-27)22-16-10-12-26(13-11-16)20(29)23-15-6-2-1-3-7-15/h1-9,14,16H,10-13H2,(H,22,28)(H,23,29). The van der Waals surface area contributed by atoms with E-state index in [1.54, 1.807) is 23.1 Å². The summed E-state index contributed by atoms with van der Waals surface area (Å²) in [7, 11) is 0. The number of benzene rings is 2. The molecule has 0 bridgehead atoms. The molecule has 1 saturated heterocycles. The Bertz CT molecular complexity index is 968. The molecule has 0 saturated carbocycles. The average Bonchev–Trinajstić information content (AvgIpc) is 3.30. The van der Waals surface area contributed by atoms with Gasteiger partial charge in [-0.15, -0.1) is 5.10 Å². The lowest BCUT2D eigenvalue weighted by Gasteiger charge is -2.32. The quantitative estimate of drug-likeness (QED) is 0.709. The fourth-order valence-electron chi connectivity index (χ4n) is 3.35. The number of nitrogens with zero attached hydrogens (tertiary/aromatic N) is 5. The number of anilines is 1. The van der Waals surface area contributed by atoms with E-state index in [1.807, 2.05) is 36.4 Å². The van der Waals surface area contributed by atoms with Gasteiger partial charge in [0.2, 0.25) is 0 Å². The second kappa shape index (κ2) is 8.51. The van der Waals surface area contributed by atoms with Crippen molar-refractivity contribution in [3.05, 3.63) is 66.5 Å². The molecule has 2 N–H and O–H groups in total. The van der Waals surface area contributed by atoms with E-state index in [2.05, 4.69) is 26.2 Å². The normalized spacial score (nSPS) is 14.4. The van der Waals surface area contributed by atoms with Gasteiger partial charge in [-0.2, -0.15) is 4.68 Å². The fraction of sp³-hybridized carbons (Fsp3) is 0.250. The van der Waals surface area contributed by atoms with Crippen LogP contribution in [0.5, 0.6) is 0 Å². The summed E-state index contributed by atoms with van der Waals surface area (Å²) in [6.45, 7) is 1.16. The summed E-state index contributed by atoms with van der Waals surface area (Å²) in [6.07, 6.45) is 2.85. The Morgan fingerprint density at radius 3 is 2.41 bits per heavy atom. The number of hydrogen-bond acceptors (Lipinski definition) is 5. The third-order valence-electron chi connectivity index (χ3n) is 4.89. The Morgan fingerprint density at radius 1 is 0.966 bits per heavy atom. The third kappa shape index (κ3) is 4.40. The van der Waals surface area contributed by atoms with Crippen LogP contribution in [-0.2, 0) is 0 Å². The van der Waals surface area contributed by atoms with Crippen molar-refractivity contribution in [2.24, 2.45) is 0 Å². The van der Waals surface area contributed by atoms with Crippen LogP contribution in [0.4, 0.5) is 10.5 Å². The molecular formula is C20H21N7O2. The monoisotopic (exact) mass is 391 g/mol. The van der Waals surface area contributed by atoms with Crippen LogP contribution in [0.3, 0.4) is 0 Å². The molecular weight excluding hydrogens is 370 g/mol. The highest BCUT2D eigenvalue weighted by Crippen LogP contribution is 2.16. The van der Waals surface area contributed by atoms with Crippen LogP contribution in [0.1, 0.15) is 23.2 Å². The number of piperidine rings is 1. The Hall–Kier alpha value is -3.75. The molecule has 3 amide bonds. The largest absolute Gasteiger partial charge is 0.349 e. The second-order valence-electron chi connectivity index (χ2n) is 6.80. The number of nitrogens with one attached hydrogen (secondary N) is 2. The lowest BCUT2D eigenvalue weighted by molar-refractivity contribution is 0.0919. The number of carbonyl (C=O) groups is 2. The lowest BCUT2D eigenvalue weighted by Crippen LogP contribution is -2.47. The molecule has 1 fully saturated rings. The summed E-state index contributed by atoms with van der Waals surface area (Å²) in [5.41, 5.74) is 1.89. The molecule has 29 heavy (non-hydrogen) atoms. The van der Waals surface area contributed by atoms with Gasteiger partial charge in [0.15, 0.2) is 0 Å². The van der Waals surface area contributed by atoms with E-state index in [1.165, 1.54) is 11.0 Å². The predicted octanol–water partition coefficient (Wildman–Crippen LogP) is 2.09. The van der Waals surface area contributed by atoms with Crippen LogP contribution in [0, 0.1) is 0 Å². The molecule has 0 atom stereocenters. The van der Waals surface area contributed by atoms with Crippen molar-refractivity contribution in [3.8, 4) is 5.69 Å². The minimum atomic E-state index is -0.178. The Morgan fingerprint density at radius 2 is 1.69 bits per heavy atom. The number of rotatable bonds is 4. The van der Waals surface area contributed by atoms with Gasteiger partial charge in [-0.1, -0.05) is 30.3 Å². The van der Waals surface area contributed by atoms with Gasteiger partial charge in [-0.05, 0) is 47.5 Å². The summed E-state index contributed by atoms with van der Waals surface area (Å²) in [6, 6.07) is 16.4. The molecule has 9 heteroatoms. The van der Waals surface area contributed by atoms with Crippen LogP contribution in [0.2, 0.25) is 0 Å². The third-order valence-corrected chi connectivity index (χ3v) is 4.89. The van der Waals surface area contributed by atoms with E-state index in [0.29, 0.717) is 37.2 Å². The molecule has 0 aliphatic carbocycles. The maximum atomic E-state index is 12.8. The molecule has 9 nitrogen and oxygen atoms in total. The van der Waals surface area contributed by atoms with Gasteiger partial charge < -0.3 is 15.5 Å². The Balaban J connectivity index is 1.33. The minimum absolute atomic E-state index is 0.00482. The van der Waals surface area contributed by atoms with Gasteiger partial charge in [0.25, 0.3) is 5.91 Å². The highest BCUT2D eigenvalue weighted by atomic mass is 16.2. The SMILES string of the molecule is O=C(NC1CCN(C(=O)Nc2ccccc2)CC1)c1ccccc1-n1cnnn1. The second-order valence-corrected chi connectivity index (χ2v) is 6.80. The maximum Gasteiger partial charge on any atom is 0.321 e. The van der Waals surface area contributed by atoms with Gasteiger partial charge in [-0.3, -0.25) is 4.79 Å². The van der Waals surface area contributed by atoms with Crippen molar-refractivity contribution in [2.75, 3.05) is 18.4 Å². The van der Waals surface area contributed by atoms with E-state index < -0.39 is 0 Å². The molecule has 3 aromatic rings. The molecule has 4 rings (SSSR count). The summed E-state index contributed by atoms with van der Waals surface area (Å²) >= 11 is 0. The summed E-state index contributed by atoms with van der Waals surface area (Å²) in [5.74, 6) is -0.178. The van der Waals surface area contributed by atoms with Crippen molar-refractivity contribution in [3.63, 3.8) is 0 Å². The number of carbonyl (C=O) groups excluding carboxylic acids is 2. The van der Waals surface area contributed by atoms with Crippen molar-refractivity contribution >= 4 is 17.6 Å². The number of likely N-dealkylation sites (tertiary alicyclic amines) is 1. The van der Waals surface area contributed by atoms with E-state index in [0.717, 1.165) is 5.69 Å². The molecule has 1 aromatic heterocycles. The average molecular weight is 391 g/mol. The Labute approximate surface area is 167 Å². The molecule has 2 heterocycles. The summed E-state index contributed by atoms with van der Waals surface area (Å²) < 4.78 is 1.46. The first-order valence-electron chi connectivity index (χ1n) is 9.45. The number of para-hydroxylation sites is 2. The van der Waals surface area contributed by atoms with E-state index in [9.17, 15) is 9.59 Å². The zero-order chi connectivity index (χ0) is 20.1. The number of tetrazole rings is 1. The first-order chi connectivity index (χ1) is 14.2. The van der Waals surface area contributed by atoms with Gasteiger partial charge in [-0.25, -0.2) is 4.79 Å². The molecule has 0 radical (unpaired) electrons. The predicted molar refractivity (Wildman–Crippen MR) is 107 cm³/mol. The topological polar surface area (TPSA) is 105 Å². The first-order valence-corrected chi connectivity index (χ1v) is 9.45. The first kappa shape index (κ1) is 18.6. The highest BCUT2D eigenvalue weighted by Gasteiger charge is 2.25. The molecule has 148 valence electrons. The highest BCUT2D eigenvalue weighted by molar-refractivity contribution is 5.98. The molecule has 2 aromatic carbocycles. The van der Waals surface area contributed by atoms with Crippen molar-refractivity contribution in [2.45, 2.75) is 18.9 Å². The summed E-state index contributed by atoms with van der Waals surface area (Å²) in [5, 5.41) is 17.1. The molecule has 0 unspecified atom stereocenters. The van der Waals surface area contributed by atoms with Crippen molar-refractivity contribution in [1.29, 1.82) is 0 Å². The minimum Gasteiger partial charge on any atom is -0.349 e. The van der Waals surface area contributed by atoms with E-state index in [4.69, 9.17) is 0 Å². The van der Waals surface area contributed by atoms with E-state index in [-0.39, 0.29) is 18.0 Å². The summed E-state index contributed by atoms with van der Waals surface area (Å²) in [4.78, 5) is 27.0. The number of urea groups is 1. The zero-order valence-electron chi connectivity index (χ0n) is 15.7. The van der Waals surface area contributed by atoms with Gasteiger partial charge >= 0.3 is 6.03 Å². The fourth-order valence-corrected chi connectivity index (χ4v) is 3.35. The van der Waals surface area contributed by atoms with Crippen LogP contribution in [-0.4, -0.2) is 56.2 Å². The number of hydrogen-bond donors (Lipinski definition) is 2. The van der Waals surface area contributed by atoms with Gasteiger partial charge in [0.1, 0.15) is 6.33 Å². The molecule has 0 spiro atoms. The van der Waals surface area contributed by atoms with Gasteiger partial charge in [0.05, 0.1) is 11.3 Å². The number of aromatic nitrogens is 4. The molecule has 1 aliphatic heterocycles. The van der Waals surface area contributed by atoms with Gasteiger partial charge in [0, 0.05) is 24.8 Å². The van der Waals surface area contributed by atoms with E-state index >= 15 is 0 Å². The maximum absolute atomic E-state index is 12.8. The number of amides is 3. The lowest BCUT2D eigenvalue weighted by atomic mass is 10.0. The Kier molecular flexibility index (Phi) is 5.46.